The zero-order valence-electron chi connectivity index (χ0n) is 12.9. The van der Waals surface area contributed by atoms with E-state index in [1.165, 1.54) is 0 Å². The molecule has 1 saturated carbocycles. The molecule has 0 spiro atoms. The molecular weight excluding hydrogens is 272 g/mol. The van der Waals surface area contributed by atoms with Crippen LogP contribution in [0.1, 0.15) is 39.7 Å². The number of rotatable bonds is 3. The van der Waals surface area contributed by atoms with Crippen LogP contribution in [0.3, 0.4) is 0 Å². The zero-order valence-corrected chi connectivity index (χ0v) is 12.9. The Morgan fingerprint density at radius 3 is 2.62 bits per heavy atom. The van der Waals surface area contributed by atoms with Gasteiger partial charge in [-0.25, -0.2) is 4.79 Å². The molecule has 0 bridgehead atoms. The molecule has 0 aliphatic heterocycles. The summed E-state index contributed by atoms with van der Waals surface area (Å²) in [6, 6.07) is 3.34. The summed E-state index contributed by atoms with van der Waals surface area (Å²) in [5.41, 5.74) is -0.629. The highest BCUT2D eigenvalue weighted by Gasteiger charge is 2.33. The Morgan fingerprint density at radius 1 is 1.38 bits per heavy atom. The van der Waals surface area contributed by atoms with E-state index in [0.717, 1.165) is 12.8 Å². The molecule has 1 fully saturated rings. The number of ether oxygens (including phenoxy) is 2. The predicted octanol–water partition coefficient (Wildman–Crippen LogP) is 2.55. The van der Waals surface area contributed by atoms with Gasteiger partial charge in [0, 0.05) is 13.3 Å². The first-order valence-electron chi connectivity index (χ1n) is 7.06. The number of hydrogen-bond acceptors (Lipinski definition) is 4. The third-order valence-corrected chi connectivity index (χ3v) is 3.45. The summed E-state index contributed by atoms with van der Waals surface area (Å²) in [5.74, 6) is 0. The Bertz CT molecular complexity index is 572. The van der Waals surface area contributed by atoms with Crippen LogP contribution >= 0.6 is 0 Å². The highest BCUT2D eigenvalue weighted by molar-refractivity contribution is 5.84. The molecule has 6 heteroatoms. The number of carbonyl (C=O) groups excluding carboxylic acids is 1. The average molecular weight is 294 g/mol. The van der Waals surface area contributed by atoms with Gasteiger partial charge in [0.2, 0.25) is 0 Å². The summed E-state index contributed by atoms with van der Waals surface area (Å²) in [5, 5.41) is 2.51. The number of carbonyl (C=O) groups is 1. The molecule has 0 unspecified atom stereocenters. The van der Waals surface area contributed by atoms with E-state index in [1.807, 2.05) is 0 Å². The molecule has 1 aliphatic rings. The van der Waals surface area contributed by atoms with Gasteiger partial charge in [0.1, 0.15) is 11.3 Å². The van der Waals surface area contributed by atoms with Crippen LogP contribution in [0.25, 0.3) is 0 Å². The fourth-order valence-electron chi connectivity index (χ4n) is 2.32. The third kappa shape index (κ3) is 3.64. The first-order valence-corrected chi connectivity index (χ1v) is 7.06. The van der Waals surface area contributed by atoms with Crippen LogP contribution in [0.15, 0.2) is 23.1 Å². The van der Waals surface area contributed by atoms with Crippen LogP contribution in [0, 0.1) is 0 Å². The number of nitrogens with one attached hydrogen (secondary N) is 1. The lowest BCUT2D eigenvalue weighted by molar-refractivity contribution is -0.0103. The number of hydrogen-bond donors (Lipinski definition) is 1. The van der Waals surface area contributed by atoms with Crippen molar-refractivity contribution in [3.63, 3.8) is 0 Å². The molecule has 2 atom stereocenters. The summed E-state index contributed by atoms with van der Waals surface area (Å²) in [6.07, 6.45) is 2.98. The zero-order chi connectivity index (χ0) is 15.6. The van der Waals surface area contributed by atoms with Gasteiger partial charge in [-0.2, -0.15) is 0 Å². The van der Waals surface area contributed by atoms with Crippen LogP contribution in [0.4, 0.5) is 10.5 Å². The second-order valence-corrected chi connectivity index (χ2v) is 6.18. The summed E-state index contributed by atoms with van der Waals surface area (Å²) < 4.78 is 12.1. The smallest absolute Gasteiger partial charge is 0.412 e. The van der Waals surface area contributed by atoms with Gasteiger partial charge in [-0.05, 0) is 45.7 Å². The second-order valence-electron chi connectivity index (χ2n) is 6.18. The molecule has 1 N–H and O–H groups in total. The maximum atomic E-state index is 12.4. The number of nitrogens with zero attached hydrogens (tertiary/aromatic N) is 1. The van der Waals surface area contributed by atoms with E-state index in [2.05, 4.69) is 5.32 Å². The van der Waals surface area contributed by atoms with Gasteiger partial charge in [0.05, 0.1) is 12.1 Å². The quantitative estimate of drug-likeness (QED) is 0.930. The van der Waals surface area contributed by atoms with E-state index < -0.39 is 11.7 Å². The standard InChI is InChI=1S/C15H22N2O4/c1-15(2,3)21-14(19)16-10-6-5-9-17(13(10)18)11-7-8-12(11)20-4/h5-6,9,11-12H,7-8H2,1-4H3,(H,16,19)/t11-,12-/m0/s1. The Kier molecular flexibility index (Phi) is 4.37. The Labute approximate surface area is 124 Å². The van der Waals surface area contributed by atoms with Crippen LogP contribution in [0.5, 0.6) is 0 Å². The van der Waals surface area contributed by atoms with Crippen LogP contribution in [0.2, 0.25) is 0 Å². The lowest BCUT2D eigenvalue weighted by Crippen LogP contribution is -2.41. The molecule has 1 aliphatic carbocycles. The van der Waals surface area contributed by atoms with E-state index >= 15 is 0 Å². The molecule has 2 rings (SSSR count). The van der Waals surface area contributed by atoms with E-state index in [1.54, 1.807) is 50.8 Å². The minimum atomic E-state index is -0.630. The fraction of sp³-hybridized carbons (Fsp3) is 0.600. The monoisotopic (exact) mass is 294 g/mol. The minimum Gasteiger partial charge on any atom is -0.444 e. The third-order valence-electron chi connectivity index (χ3n) is 3.45. The van der Waals surface area contributed by atoms with Gasteiger partial charge < -0.3 is 14.0 Å². The van der Waals surface area contributed by atoms with Crippen LogP contribution in [-0.4, -0.2) is 29.5 Å². The first kappa shape index (κ1) is 15.6. The van der Waals surface area contributed by atoms with Crippen LogP contribution in [-0.2, 0) is 9.47 Å². The highest BCUT2D eigenvalue weighted by atomic mass is 16.6. The molecule has 116 valence electrons. The Morgan fingerprint density at radius 2 is 2.10 bits per heavy atom. The number of anilines is 1. The second kappa shape index (κ2) is 5.89. The molecule has 6 nitrogen and oxygen atoms in total. The first-order chi connectivity index (χ1) is 9.81. The maximum absolute atomic E-state index is 12.4. The Balaban J connectivity index is 2.15. The van der Waals surface area contributed by atoms with Crippen molar-refractivity contribution in [2.45, 2.75) is 51.4 Å². The van der Waals surface area contributed by atoms with E-state index in [9.17, 15) is 9.59 Å². The van der Waals surface area contributed by atoms with Gasteiger partial charge in [0.25, 0.3) is 5.56 Å². The largest absolute Gasteiger partial charge is 0.444 e. The maximum Gasteiger partial charge on any atom is 0.412 e. The normalized spacial score (nSPS) is 21.5. The van der Waals surface area contributed by atoms with Crippen molar-refractivity contribution in [1.82, 2.24) is 4.57 Å². The fourth-order valence-corrected chi connectivity index (χ4v) is 2.32. The van der Waals surface area contributed by atoms with Crippen molar-refractivity contribution in [2.75, 3.05) is 12.4 Å². The SMILES string of the molecule is CO[C@H]1CC[C@@H]1n1cccc(NC(=O)OC(C)(C)C)c1=O. The summed E-state index contributed by atoms with van der Waals surface area (Å²) in [4.78, 5) is 24.2. The molecule has 21 heavy (non-hydrogen) atoms. The van der Waals surface area contributed by atoms with Crippen molar-refractivity contribution in [3.05, 3.63) is 28.7 Å². The van der Waals surface area contributed by atoms with Gasteiger partial charge >= 0.3 is 6.09 Å². The summed E-state index contributed by atoms with van der Waals surface area (Å²) >= 11 is 0. The number of aromatic nitrogens is 1. The van der Waals surface area contributed by atoms with Crippen LogP contribution < -0.4 is 10.9 Å². The molecular formula is C15H22N2O4. The predicted molar refractivity (Wildman–Crippen MR) is 79.6 cm³/mol. The molecule has 0 aromatic carbocycles. The van der Waals surface area contributed by atoms with E-state index in [4.69, 9.17) is 9.47 Å². The van der Waals surface area contributed by atoms with E-state index in [0.29, 0.717) is 0 Å². The molecule has 0 saturated heterocycles. The summed E-state index contributed by atoms with van der Waals surface area (Å²) in [7, 11) is 1.64. The van der Waals surface area contributed by atoms with Gasteiger partial charge in [0.15, 0.2) is 0 Å². The molecule has 1 aromatic rings. The molecule has 0 radical (unpaired) electrons. The lowest BCUT2D eigenvalue weighted by Gasteiger charge is -2.36. The Hall–Kier alpha value is -1.82. The number of pyridine rings is 1. The van der Waals surface area contributed by atoms with Crippen molar-refractivity contribution in [2.24, 2.45) is 0 Å². The minimum absolute atomic E-state index is 0.0305. The molecule has 1 heterocycles. The molecule has 1 aromatic heterocycles. The molecule has 1 amide bonds. The topological polar surface area (TPSA) is 69.6 Å². The summed E-state index contributed by atoms with van der Waals surface area (Å²) in [6.45, 7) is 5.31. The van der Waals surface area contributed by atoms with Gasteiger partial charge in [-0.1, -0.05) is 0 Å². The van der Waals surface area contributed by atoms with Gasteiger partial charge in [-0.15, -0.1) is 0 Å². The van der Waals surface area contributed by atoms with Gasteiger partial charge in [-0.3, -0.25) is 10.1 Å². The van der Waals surface area contributed by atoms with Crippen molar-refractivity contribution in [3.8, 4) is 0 Å². The average Bonchev–Trinajstić information content (AvgIpc) is 2.31. The lowest BCUT2D eigenvalue weighted by atomic mass is 9.88. The van der Waals surface area contributed by atoms with E-state index in [-0.39, 0.29) is 23.4 Å². The van der Waals surface area contributed by atoms with Crippen molar-refractivity contribution < 1.29 is 14.3 Å². The number of amides is 1. The van der Waals surface area contributed by atoms with Crippen molar-refractivity contribution in [1.29, 1.82) is 0 Å². The van der Waals surface area contributed by atoms with Crippen molar-refractivity contribution >= 4 is 11.8 Å². The highest BCUT2D eigenvalue weighted by Crippen LogP contribution is 2.33. The number of methoxy groups -OCH3 is 1.